The van der Waals surface area contributed by atoms with Crippen LogP contribution in [-0.4, -0.2) is 55.3 Å². The Bertz CT molecular complexity index is 384. The summed E-state index contributed by atoms with van der Waals surface area (Å²) in [5, 5.41) is 3.39. The molecule has 1 N–H and O–H groups in total. The predicted molar refractivity (Wildman–Crippen MR) is 88.6 cm³/mol. The molecule has 1 aliphatic heterocycles. The van der Waals surface area contributed by atoms with Gasteiger partial charge in [-0.15, -0.1) is 0 Å². The van der Waals surface area contributed by atoms with Crippen molar-refractivity contribution in [1.29, 1.82) is 0 Å². The lowest BCUT2D eigenvalue weighted by atomic mass is 10.0. The molecule has 0 saturated carbocycles. The summed E-state index contributed by atoms with van der Waals surface area (Å²) in [5.74, 6) is 0. The van der Waals surface area contributed by atoms with Gasteiger partial charge in [-0.2, -0.15) is 17.0 Å². The molecule has 0 aliphatic carbocycles. The van der Waals surface area contributed by atoms with Crippen molar-refractivity contribution in [3.63, 3.8) is 0 Å². The van der Waals surface area contributed by atoms with Crippen LogP contribution in [0.15, 0.2) is 0 Å². The monoisotopic (exact) mass is 319 g/mol. The van der Waals surface area contributed by atoms with E-state index in [1.807, 2.05) is 6.92 Å². The standard InChI is InChI=1S/C15H33N3O2S/c1-5-7-11-17(6-2)21(19,20)18-12-9-8-10-15(18)13-16-14(3)4/h14-16H,5-13H2,1-4H3. The Kier molecular flexibility index (Phi) is 8.16. The van der Waals surface area contributed by atoms with E-state index in [-0.39, 0.29) is 6.04 Å². The molecule has 0 spiro atoms. The van der Waals surface area contributed by atoms with Gasteiger partial charge < -0.3 is 5.32 Å². The Morgan fingerprint density at radius 3 is 2.57 bits per heavy atom. The minimum absolute atomic E-state index is 0.0989. The highest BCUT2D eigenvalue weighted by Crippen LogP contribution is 2.22. The van der Waals surface area contributed by atoms with E-state index in [0.717, 1.165) is 38.6 Å². The van der Waals surface area contributed by atoms with Crippen LogP contribution in [0.1, 0.15) is 59.8 Å². The molecule has 6 heteroatoms. The van der Waals surface area contributed by atoms with Crippen LogP contribution in [0.3, 0.4) is 0 Å². The Balaban J connectivity index is 2.79. The van der Waals surface area contributed by atoms with Gasteiger partial charge in [-0.25, -0.2) is 0 Å². The normalized spacial score (nSPS) is 21.3. The zero-order valence-corrected chi connectivity index (χ0v) is 15.0. The maximum atomic E-state index is 12.9. The van der Waals surface area contributed by atoms with Crippen molar-refractivity contribution < 1.29 is 8.42 Å². The first-order chi connectivity index (χ1) is 9.93. The minimum atomic E-state index is -3.32. The van der Waals surface area contributed by atoms with Gasteiger partial charge in [-0.05, 0) is 19.3 Å². The lowest BCUT2D eigenvalue weighted by molar-refractivity contribution is 0.223. The van der Waals surface area contributed by atoms with Gasteiger partial charge in [-0.1, -0.05) is 40.5 Å². The molecular weight excluding hydrogens is 286 g/mol. The second kappa shape index (κ2) is 9.08. The minimum Gasteiger partial charge on any atom is -0.313 e. The lowest BCUT2D eigenvalue weighted by Gasteiger charge is -2.38. The summed E-state index contributed by atoms with van der Waals surface area (Å²) >= 11 is 0. The molecule has 0 radical (unpaired) electrons. The Morgan fingerprint density at radius 1 is 1.29 bits per heavy atom. The van der Waals surface area contributed by atoms with E-state index in [1.165, 1.54) is 0 Å². The molecule has 21 heavy (non-hydrogen) atoms. The third-order valence-electron chi connectivity index (χ3n) is 4.07. The van der Waals surface area contributed by atoms with Crippen molar-refractivity contribution in [2.75, 3.05) is 26.2 Å². The summed E-state index contributed by atoms with van der Waals surface area (Å²) in [6.45, 7) is 10.8. The smallest absolute Gasteiger partial charge is 0.282 e. The second-order valence-corrected chi connectivity index (χ2v) is 8.06. The van der Waals surface area contributed by atoms with Crippen LogP contribution in [-0.2, 0) is 10.2 Å². The van der Waals surface area contributed by atoms with E-state index < -0.39 is 10.2 Å². The molecule has 0 aromatic rings. The highest BCUT2D eigenvalue weighted by molar-refractivity contribution is 7.86. The van der Waals surface area contributed by atoms with Crippen LogP contribution in [0.2, 0.25) is 0 Å². The van der Waals surface area contributed by atoms with Crippen LogP contribution >= 0.6 is 0 Å². The average molecular weight is 320 g/mol. The van der Waals surface area contributed by atoms with Crippen molar-refractivity contribution >= 4 is 10.2 Å². The molecule has 1 aliphatic rings. The number of nitrogens with one attached hydrogen (secondary N) is 1. The maximum Gasteiger partial charge on any atom is 0.282 e. The molecule has 0 aromatic heterocycles. The molecule has 0 amide bonds. The summed E-state index contributed by atoms with van der Waals surface area (Å²) in [7, 11) is -3.32. The van der Waals surface area contributed by atoms with Crippen molar-refractivity contribution in [2.24, 2.45) is 0 Å². The first-order valence-corrected chi connectivity index (χ1v) is 9.83. The zero-order valence-electron chi connectivity index (χ0n) is 14.1. The van der Waals surface area contributed by atoms with Crippen LogP contribution in [0, 0.1) is 0 Å². The molecule has 0 aromatic carbocycles. The van der Waals surface area contributed by atoms with Crippen molar-refractivity contribution in [3.8, 4) is 0 Å². The van der Waals surface area contributed by atoms with Crippen LogP contribution < -0.4 is 5.32 Å². The Morgan fingerprint density at radius 2 is 2.00 bits per heavy atom. The summed E-state index contributed by atoms with van der Waals surface area (Å²) in [5.41, 5.74) is 0. The first-order valence-electron chi connectivity index (χ1n) is 8.43. The molecular formula is C15H33N3O2S. The number of unbranched alkanes of at least 4 members (excludes halogenated alkanes) is 1. The molecule has 1 saturated heterocycles. The van der Waals surface area contributed by atoms with E-state index in [9.17, 15) is 8.42 Å². The third kappa shape index (κ3) is 5.51. The summed E-state index contributed by atoms with van der Waals surface area (Å²) < 4.78 is 29.2. The molecule has 1 atom stereocenters. The third-order valence-corrected chi connectivity index (χ3v) is 6.24. The second-order valence-electron chi connectivity index (χ2n) is 6.18. The number of hydrogen-bond acceptors (Lipinski definition) is 3. The lowest BCUT2D eigenvalue weighted by Crippen LogP contribution is -2.54. The fourth-order valence-corrected chi connectivity index (χ4v) is 4.67. The fraction of sp³-hybridized carbons (Fsp3) is 1.00. The van der Waals surface area contributed by atoms with Gasteiger partial charge in [0, 0.05) is 38.3 Å². The number of hydrogen-bond donors (Lipinski definition) is 1. The number of nitrogens with zero attached hydrogens (tertiary/aromatic N) is 2. The van der Waals surface area contributed by atoms with Crippen molar-refractivity contribution in [1.82, 2.24) is 13.9 Å². The summed E-state index contributed by atoms with van der Waals surface area (Å²) in [6.07, 6.45) is 5.00. The fourth-order valence-electron chi connectivity index (χ4n) is 2.77. The molecule has 1 rings (SSSR count). The van der Waals surface area contributed by atoms with Gasteiger partial charge >= 0.3 is 0 Å². The first kappa shape index (κ1) is 18.9. The number of piperidine rings is 1. The predicted octanol–water partition coefficient (Wildman–Crippen LogP) is 2.21. The largest absolute Gasteiger partial charge is 0.313 e. The number of rotatable bonds is 9. The van der Waals surface area contributed by atoms with Gasteiger partial charge in [0.2, 0.25) is 0 Å². The van der Waals surface area contributed by atoms with Gasteiger partial charge in [0.25, 0.3) is 10.2 Å². The van der Waals surface area contributed by atoms with Crippen LogP contribution in [0.5, 0.6) is 0 Å². The summed E-state index contributed by atoms with van der Waals surface area (Å²) in [6, 6.07) is 0.487. The quantitative estimate of drug-likeness (QED) is 0.709. The Hall–Kier alpha value is -0.170. The molecule has 1 unspecified atom stereocenters. The van der Waals surface area contributed by atoms with E-state index in [1.54, 1.807) is 8.61 Å². The molecule has 1 fully saturated rings. The van der Waals surface area contributed by atoms with Gasteiger partial charge in [0.15, 0.2) is 0 Å². The van der Waals surface area contributed by atoms with Crippen molar-refractivity contribution in [2.45, 2.75) is 71.9 Å². The van der Waals surface area contributed by atoms with Crippen LogP contribution in [0.4, 0.5) is 0 Å². The average Bonchev–Trinajstić information content (AvgIpc) is 2.46. The van der Waals surface area contributed by atoms with Crippen molar-refractivity contribution in [3.05, 3.63) is 0 Å². The molecule has 126 valence electrons. The maximum absolute atomic E-state index is 12.9. The van der Waals surface area contributed by atoms with Gasteiger partial charge in [0.05, 0.1) is 0 Å². The highest BCUT2D eigenvalue weighted by atomic mass is 32.2. The highest BCUT2D eigenvalue weighted by Gasteiger charge is 2.35. The topological polar surface area (TPSA) is 52.7 Å². The van der Waals surface area contributed by atoms with E-state index in [4.69, 9.17) is 0 Å². The van der Waals surface area contributed by atoms with E-state index in [2.05, 4.69) is 26.1 Å². The van der Waals surface area contributed by atoms with Crippen LogP contribution in [0.25, 0.3) is 0 Å². The molecule has 0 bridgehead atoms. The summed E-state index contributed by atoms with van der Waals surface area (Å²) in [4.78, 5) is 0. The van der Waals surface area contributed by atoms with E-state index in [0.29, 0.717) is 25.7 Å². The van der Waals surface area contributed by atoms with E-state index >= 15 is 0 Å². The SMILES string of the molecule is CCCCN(CC)S(=O)(=O)N1CCCCC1CNC(C)C. The molecule has 5 nitrogen and oxygen atoms in total. The Labute approximate surface area is 131 Å². The molecule has 1 heterocycles. The van der Waals surface area contributed by atoms with Gasteiger partial charge in [-0.3, -0.25) is 0 Å². The van der Waals surface area contributed by atoms with Gasteiger partial charge in [0.1, 0.15) is 0 Å². The zero-order chi connectivity index (χ0) is 15.9.